The molecule has 1 aromatic heterocycles. The maximum atomic E-state index is 13.1. The number of benzene rings is 2. The fourth-order valence-electron chi connectivity index (χ4n) is 3.32. The van der Waals surface area contributed by atoms with E-state index in [1.165, 1.54) is 11.3 Å². The van der Waals surface area contributed by atoms with Gasteiger partial charge in [-0.2, -0.15) is 0 Å². The summed E-state index contributed by atoms with van der Waals surface area (Å²) in [6.45, 7) is 5.69. The van der Waals surface area contributed by atoms with E-state index >= 15 is 0 Å². The molecular weight excluding hydrogens is 322 g/mol. The quantitative estimate of drug-likeness (QED) is 0.646. The first-order chi connectivity index (χ1) is 12.5. The summed E-state index contributed by atoms with van der Waals surface area (Å²) in [6.07, 6.45) is 1.84. The zero-order valence-electron chi connectivity index (χ0n) is 16.0. The van der Waals surface area contributed by atoms with E-state index < -0.39 is 0 Å². The molecule has 0 spiro atoms. The summed E-state index contributed by atoms with van der Waals surface area (Å²) in [5.41, 5.74) is 4.18. The number of anilines is 1. The number of nitrogens with zero attached hydrogens (tertiary/aromatic N) is 2. The third-order valence-corrected chi connectivity index (χ3v) is 5.03. The van der Waals surface area contributed by atoms with E-state index in [-0.39, 0.29) is 11.8 Å². The highest BCUT2D eigenvalue weighted by molar-refractivity contribution is 6.10. The Bertz CT molecular complexity index is 880. The number of likely N-dealkylation sites (N-methyl/N-ethyl adjacent to an activating group) is 1. The van der Waals surface area contributed by atoms with E-state index in [1.807, 2.05) is 51.5 Å². The van der Waals surface area contributed by atoms with Crippen LogP contribution in [0.1, 0.15) is 29.8 Å². The second kappa shape index (κ2) is 7.75. The minimum atomic E-state index is -0.173. The summed E-state index contributed by atoms with van der Waals surface area (Å²) in [4.78, 5) is 20.6. The van der Waals surface area contributed by atoms with Crippen LogP contribution in [0.5, 0.6) is 0 Å². The molecule has 136 valence electrons. The van der Waals surface area contributed by atoms with Gasteiger partial charge in [-0.15, -0.1) is 0 Å². The van der Waals surface area contributed by atoms with Gasteiger partial charge in [-0.1, -0.05) is 37.3 Å². The zero-order valence-corrected chi connectivity index (χ0v) is 16.0. The number of rotatable bonds is 7. The molecular formula is C22H27N3O. The normalized spacial score (nSPS) is 12.5. The van der Waals surface area contributed by atoms with Gasteiger partial charge in [0.2, 0.25) is 0 Å². The average Bonchev–Trinajstić information content (AvgIpc) is 3.09. The summed E-state index contributed by atoms with van der Waals surface area (Å²) in [6, 6.07) is 16.3. The zero-order chi connectivity index (χ0) is 18.7. The molecule has 1 atom stereocenters. The molecule has 0 saturated heterocycles. The third-order valence-electron chi connectivity index (χ3n) is 5.03. The van der Waals surface area contributed by atoms with E-state index in [0.29, 0.717) is 0 Å². The van der Waals surface area contributed by atoms with Crippen LogP contribution in [0.25, 0.3) is 10.9 Å². The van der Waals surface area contributed by atoms with Gasteiger partial charge in [-0.3, -0.25) is 9.69 Å². The number of aromatic nitrogens is 1. The molecule has 0 bridgehead atoms. The molecule has 0 saturated carbocycles. The highest BCUT2D eigenvalue weighted by Crippen LogP contribution is 2.22. The van der Waals surface area contributed by atoms with Crippen molar-refractivity contribution in [1.82, 2.24) is 9.88 Å². The SMILES string of the molecule is CCN(Cc1ccc(N(C)C)cc1)[C@@H](C)C(=O)c1c[nH]c2ccccc12. The number of hydrogen-bond acceptors (Lipinski definition) is 3. The number of Topliss-reactive ketones (excluding diaryl/α,β-unsaturated/α-hetero) is 1. The van der Waals surface area contributed by atoms with Crippen LogP contribution in [-0.2, 0) is 6.54 Å². The van der Waals surface area contributed by atoms with Crippen LogP contribution in [0, 0.1) is 0 Å². The second-order valence-electron chi connectivity index (χ2n) is 6.91. The summed E-state index contributed by atoms with van der Waals surface area (Å²) < 4.78 is 0. The van der Waals surface area contributed by atoms with Crippen molar-refractivity contribution in [2.45, 2.75) is 26.4 Å². The van der Waals surface area contributed by atoms with Gasteiger partial charge >= 0.3 is 0 Å². The monoisotopic (exact) mass is 349 g/mol. The Morgan fingerprint density at radius 1 is 1.08 bits per heavy atom. The van der Waals surface area contributed by atoms with Crippen molar-refractivity contribution >= 4 is 22.4 Å². The summed E-state index contributed by atoms with van der Waals surface area (Å²) in [5.74, 6) is 0.161. The first-order valence-electron chi connectivity index (χ1n) is 9.12. The summed E-state index contributed by atoms with van der Waals surface area (Å²) in [7, 11) is 4.07. The van der Waals surface area contributed by atoms with Crippen molar-refractivity contribution in [2.75, 3.05) is 25.5 Å². The van der Waals surface area contributed by atoms with Gasteiger partial charge in [0.25, 0.3) is 0 Å². The van der Waals surface area contributed by atoms with Crippen molar-refractivity contribution < 1.29 is 4.79 Å². The lowest BCUT2D eigenvalue weighted by molar-refractivity contribution is 0.0837. The largest absolute Gasteiger partial charge is 0.378 e. The molecule has 3 rings (SSSR count). The van der Waals surface area contributed by atoms with Gasteiger partial charge in [-0.25, -0.2) is 0 Å². The molecule has 0 amide bonds. The molecule has 0 aliphatic carbocycles. The van der Waals surface area contributed by atoms with Crippen LogP contribution < -0.4 is 4.90 Å². The molecule has 0 aliphatic rings. The van der Waals surface area contributed by atoms with Gasteiger partial charge in [0.15, 0.2) is 5.78 Å². The highest BCUT2D eigenvalue weighted by atomic mass is 16.1. The Morgan fingerprint density at radius 3 is 2.42 bits per heavy atom. The maximum Gasteiger partial charge on any atom is 0.181 e. The van der Waals surface area contributed by atoms with Crippen molar-refractivity contribution in [3.63, 3.8) is 0 Å². The number of aromatic amines is 1. The number of hydrogen-bond donors (Lipinski definition) is 1. The standard InChI is InChI=1S/C22H27N3O/c1-5-25(15-17-10-12-18(13-11-17)24(3)4)16(2)22(26)20-14-23-21-9-7-6-8-19(20)21/h6-14,16,23H,5,15H2,1-4H3/t16-/m0/s1. The van der Waals surface area contributed by atoms with Crippen molar-refractivity contribution in [2.24, 2.45) is 0 Å². The number of nitrogens with one attached hydrogen (secondary N) is 1. The minimum Gasteiger partial charge on any atom is -0.378 e. The Balaban J connectivity index is 1.77. The van der Waals surface area contributed by atoms with E-state index in [1.54, 1.807) is 0 Å². The van der Waals surface area contributed by atoms with Gasteiger partial charge in [0.05, 0.1) is 6.04 Å². The lowest BCUT2D eigenvalue weighted by atomic mass is 10.0. The summed E-state index contributed by atoms with van der Waals surface area (Å²) in [5, 5.41) is 0.996. The number of carbonyl (C=O) groups is 1. The molecule has 4 heteroatoms. The molecule has 26 heavy (non-hydrogen) atoms. The smallest absolute Gasteiger partial charge is 0.181 e. The Kier molecular flexibility index (Phi) is 5.43. The molecule has 0 radical (unpaired) electrons. The lowest BCUT2D eigenvalue weighted by Crippen LogP contribution is -2.38. The van der Waals surface area contributed by atoms with Crippen molar-refractivity contribution in [3.8, 4) is 0 Å². The van der Waals surface area contributed by atoms with Crippen LogP contribution in [0.3, 0.4) is 0 Å². The molecule has 1 N–H and O–H groups in total. The first kappa shape index (κ1) is 18.2. The van der Waals surface area contributed by atoms with Crippen LogP contribution in [0.2, 0.25) is 0 Å². The van der Waals surface area contributed by atoms with E-state index in [0.717, 1.165) is 29.6 Å². The first-order valence-corrected chi connectivity index (χ1v) is 9.12. The maximum absolute atomic E-state index is 13.1. The number of ketones is 1. The molecule has 2 aromatic carbocycles. The van der Waals surface area contributed by atoms with Crippen molar-refractivity contribution in [1.29, 1.82) is 0 Å². The number of H-pyrrole nitrogens is 1. The second-order valence-corrected chi connectivity index (χ2v) is 6.91. The lowest BCUT2D eigenvalue weighted by Gasteiger charge is -2.27. The third kappa shape index (κ3) is 3.65. The van der Waals surface area contributed by atoms with Crippen molar-refractivity contribution in [3.05, 3.63) is 65.9 Å². The van der Waals surface area contributed by atoms with Gasteiger partial charge < -0.3 is 9.88 Å². The van der Waals surface area contributed by atoms with Crippen LogP contribution in [0.15, 0.2) is 54.7 Å². The average molecular weight is 349 g/mol. The van der Waals surface area contributed by atoms with Gasteiger partial charge in [-0.05, 0) is 37.2 Å². The van der Waals surface area contributed by atoms with Gasteiger partial charge in [0, 0.05) is 49.0 Å². The molecule has 4 nitrogen and oxygen atoms in total. The Labute approximate surface area is 155 Å². The molecule has 3 aromatic rings. The summed E-state index contributed by atoms with van der Waals surface area (Å²) >= 11 is 0. The predicted octanol–water partition coefficient (Wildman–Crippen LogP) is 4.33. The Hall–Kier alpha value is -2.59. The fraction of sp³-hybridized carbons (Fsp3) is 0.318. The van der Waals surface area contributed by atoms with Crippen LogP contribution in [0.4, 0.5) is 5.69 Å². The molecule has 0 aliphatic heterocycles. The van der Waals surface area contributed by atoms with Crippen LogP contribution >= 0.6 is 0 Å². The highest BCUT2D eigenvalue weighted by Gasteiger charge is 2.23. The fourth-order valence-corrected chi connectivity index (χ4v) is 3.32. The molecule has 0 fully saturated rings. The predicted molar refractivity (Wildman–Crippen MR) is 109 cm³/mol. The topological polar surface area (TPSA) is 39.3 Å². The van der Waals surface area contributed by atoms with E-state index in [4.69, 9.17) is 0 Å². The Morgan fingerprint density at radius 2 is 1.77 bits per heavy atom. The number of fused-ring (bicyclic) bond motifs is 1. The van der Waals surface area contributed by atoms with Gasteiger partial charge in [0.1, 0.15) is 0 Å². The van der Waals surface area contributed by atoms with E-state index in [9.17, 15) is 4.79 Å². The number of para-hydroxylation sites is 1. The van der Waals surface area contributed by atoms with Crippen LogP contribution in [-0.4, -0.2) is 42.3 Å². The minimum absolute atomic E-state index is 0.161. The van der Waals surface area contributed by atoms with E-state index in [2.05, 4.69) is 46.0 Å². The number of carbonyl (C=O) groups excluding carboxylic acids is 1. The molecule has 1 heterocycles. The molecule has 0 unspecified atom stereocenters.